The number of aromatic nitrogens is 6. The van der Waals surface area contributed by atoms with Gasteiger partial charge in [0.1, 0.15) is 17.7 Å². The van der Waals surface area contributed by atoms with Crippen molar-refractivity contribution in [3.8, 4) is 33.8 Å². The Hall–Kier alpha value is -4.72. The molecule has 6 aromatic rings. The molecule has 0 aliphatic rings. The molecule has 4 heterocycles. The van der Waals surface area contributed by atoms with Gasteiger partial charge in [0.2, 0.25) is 10.0 Å². The number of aromatic amines is 2. The van der Waals surface area contributed by atoms with E-state index in [1.54, 1.807) is 30.9 Å². The van der Waals surface area contributed by atoms with Gasteiger partial charge in [-0.3, -0.25) is 15.1 Å². The second-order valence-corrected chi connectivity index (χ2v) is 11.8. The average molecular weight is 587 g/mol. The first kappa shape index (κ1) is 27.4. The molecular formula is C29H27FN8O3S. The van der Waals surface area contributed by atoms with E-state index in [0.717, 1.165) is 28.3 Å². The molecule has 0 aliphatic heterocycles. The number of H-pyrrole nitrogens is 2. The van der Waals surface area contributed by atoms with Crippen LogP contribution in [0.5, 0.6) is 0 Å². The number of imidazole rings is 1. The smallest absolute Gasteiger partial charge is 0.209 e. The van der Waals surface area contributed by atoms with E-state index in [1.807, 2.05) is 31.2 Å². The topological polar surface area (TPSA) is 162 Å². The minimum Gasteiger partial charge on any atom is -0.374 e. The Kier molecular flexibility index (Phi) is 7.14. The molecule has 0 spiro atoms. The molecular weight excluding hydrogens is 559 g/mol. The lowest BCUT2D eigenvalue weighted by Gasteiger charge is -2.12. The first-order chi connectivity index (χ1) is 20.2. The number of sulfonamides is 1. The number of hydrogen-bond acceptors (Lipinski definition) is 8. The average Bonchev–Trinajstić information content (AvgIpc) is 3.59. The molecule has 11 nitrogen and oxygen atoms in total. The Morgan fingerprint density at radius 1 is 0.976 bits per heavy atom. The molecule has 1 atom stereocenters. The van der Waals surface area contributed by atoms with Gasteiger partial charge in [-0.2, -0.15) is 5.10 Å². The maximum atomic E-state index is 14.6. The van der Waals surface area contributed by atoms with Crippen LogP contribution >= 0.6 is 0 Å². The largest absolute Gasteiger partial charge is 0.374 e. The summed E-state index contributed by atoms with van der Waals surface area (Å²) in [5.74, 6) is -0.00743. The Labute approximate surface area is 240 Å². The van der Waals surface area contributed by atoms with Gasteiger partial charge in [0, 0.05) is 35.5 Å². The van der Waals surface area contributed by atoms with Crippen molar-refractivity contribution in [2.75, 3.05) is 11.6 Å². The SMILES string of the molecule is CCC(O)Nc1cncc(-c2ccc3[nH]nc(-c4nc5c(-c6cc(F)cc(CNS(C)(=O)=O)c6)cncc5[nH]4)c3c2)c1. The molecule has 0 saturated carbocycles. The van der Waals surface area contributed by atoms with E-state index in [2.05, 4.69) is 35.2 Å². The normalized spacial score (nSPS) is 12.7. The number of halogens is 1. The second kappa shape index (κ2) is 10.9. The summed E-state index contributed by atoms with van der Waals surface area (Å²) in [6, 6.07) is 12.2. The lowest BCUT2D eigenvalue weighted by molar-refractivity contribution is 0.199. The Morgan fingerprint density at radius 3 is 2.62 bits per heavy atom. The number of aliphatic hydroxyl groups excluding tert-OH is 1. The highest BCUT2D eigenvalue weighted by atomic mass is 32.2. The highest BCUT2D eigenvalue weighted by molar-refractivity contribution is 7.88. The van der Waals surface area contributed by atoms with Crippen molar-refractivity contribution in [1.29, 1.82) is 0 Å². The van der Waals surface area contributed by atoms with Gasteiger partial charge >= 0.3 is 0 Å². The molecule has 5 N–H and O–H groups in total. The first-order valence-electron chi connectivity index (χ1n) is 13.1. The molecule has 2 aromatic carbocycles. The van der Waals surface area contributed by atoms with Gasteiger partial charge < -0.3 is 15.4 Å². The van der Waals surface area contributed by atoms with Crippen molar-refractivity contribution in [1.82, 2.24) is 34.9 Å². The van der Waals surface area contributed by atoms with Crippen LogP contribution in [0.25, 0.3) is 55.7 Å². The predicted molar refractivity (Wildman–Crippen MR) is 159 cm³/mol. The third-order valence-corrected chi connectivity index (χ3v) is 7.45. The molecule has 214 valence electrons. The molecule has 42 heavy (non-hydrogen) atoms. The number of aliphatic hydroxyl groups is 1. The van der Waals surface area contributed by atoms with Gasteiger partial charge in [-0.1, -0.05) is 13.0 Å². The Balaban J connectivity index is 1.38. The van der Waals surface area contributed by atoms with Gasteiger partial charge in [0.15, 0.2) is 5.82 Å². The summed E-state index contributed by atoms with van der Waals surface area (Å²) >= 11 is 0. The fraction of sp³-hybridized carbons (Fsp3) is 0.172. The van der Waals surface area contributed by atoms with Crippen molar-refractivity contribution >= 4 is 37.6 Å². The van der Waals surface area contributed by atoms with E-state index in [-0.39, 0.29) is 6.54 Å². The van der Waals surface area contributed by atoms with Gasteiger partial charge in [0.05, 0.1) is 40.9 Å². The molecule has 0 saturated heterocycles. The quantitative estimate of drug-likeness (QED) is 0.154. The summed E-state index contributed by atoms with van der Waals surface area (Å²) in [7, 11) is -3.45. The summed E-state index contributed by atoms with van der Waals surface area (Å²) < 4.78 is 40.0. The minimum absolute atomic E-state index is 0.0475. The van der Waals surface area contributed by atoms with Crippen LogP contribution in [-0.4, -0.2) is 56.1 Å². The number of hydrogen-bond donors (Lipinski definition) is 5. The number of anilines is 1. The summed E-state index contributed by atoms with van der Waals surface area (Å²) in [5.41, 5.74) is 6.64. The Bertz CT molecular complexity index is 2040. The highest BCUT2D eigenvalue weighted by Crippen LogP contribution is 2.33. The van der Waals surface area contributed by atoms with Crippen LogP contribution in [-0.2, 0) is 16.6 Å². The third kappa shape index (κ3) is 5.70. The molecule has 6 rings (SSSR count). The van der Waals surface area contributed by atoms with Crippen molar-refractivity contribution in [2.45, 2.75) is 26.1 Å². The van der Waals surface area contributed by atoms with Crippen molar-refractivity contribution in [3.63, 3.8) is 0 Å². The van der Waals surface area contributed by atoms with Crippen molar-refractivity contribution in [3.05, 3.63) is 78.6 Å². The zero-order valence-corrected chi connectivity index (χ0v) is 23.5. The number of fused-ring (bicyclic) bond motifs is 2. The summed E-state index contributed by atoms with van der Waals surface area (Å²) in [5, 5.41) is 21.4. The summed E-state index contributed by atoms with van der Waals surface area (Å²) in [4.78, 5) is 16.7. The van der Waals surface area contributed by atoms with Crippen LogP contribution in [0.3, 0.4) is 0 Å². The predicted octanol–water partition coefficient (Wildman–Crippen LogP) is 4.56. The van der Waals surface area contributed by atoms with Gasteiger partial charge in [-0.05, 0) is 59.5 Å². The van der Waals surface area contributed by atoms with Crippen molar-refractivity contribution in [2.24, 2.45) is 0 Å². The molecule has 0 amide bonds. The van der Waals surface area contributed by atoms with E-state index >= 15 is 0 Å². The fourth-order valence-electron chi connectivity index (χ4n) is 4.72. The van der Waals surface area contributed by atoms with E-state index in [4.69, 9.17) is 4.98 Å². The standard InChI is InChI=1S/C29H27FN8O3S/c1-3-26(39)34-21-9-19(12-31-13-21)17-4-5-24-22(10-17)28(38-37-24)29-35-25-15-32-14-23(27(25)36-29)18-6-16(7-20(30)8-18)11-33-42(2,40)41/h4-10,12-15,26,33-34,39H,3,11H2,1-2H3,(H,35,36)(H,37,38). The second-order valence-electron chi connectivity index (χ2n) is 9.97. The Morgan fingerprint density at radius 2 is 1.81 bits per heavy atom. The van der Waals surface area contributed by atoms with E-state index < -0.39 is 22.1 Å². The van der Waals surface area contributed by atoms with Crippen LogP contribution in [0.15, 0.2) is 67.3 Å². The highest BCUT2D eigenvalue weighted by Gasteiger charge is 2.17. The zero-order valence-electron chi connectivity index (χ0n) is 22.7. The maximum Gasteiger partial charge on any atom is 0.209 e. The van der Waals surface area contributed by atoms with E-state index in [1.165, 1.54) is 12.1 Å². The van der Waals surface area contributed by atoms with Crippen LogP contribution in [0.2, 0.25) is 0 Å². The number of nitrogens with one attached hydrogen (secondary N) is 4. The molecule has 0 bridgehead atoms. The molecule has 1 unspecified atom stereocenters. The fourth-order valence-corrected chi connectivity index (χ4v) is 5.15. The molecule has 0 fully saturated rings. The summed E-state index contributed by atoms with van der Waals surface area (Å²) in [6.45, 7) is 1.84. The first-order valence-corrected chi connectivity index (χ1v) is 15.0. The lowest BCUT2D eigenvalue weighted by Crippen LogP contribution is -2.21. The monoisotopic (exact) mass is 586 g/mol. The minimum atomic E-state index is -3.45. The van der Waals surface area contributed by atoms with Gasteiger partial charge in [-0.15, -0.1) is 0 Å². The van der Waals surface area contributed by atoms with Crippen LogP contribution < -0.4 is 10.0 Å². The maximum absolute atomic E-state index is 14.6. The van der Waals surface area contributed by atoms with Crippen LogP contribution in [0, 0.1) is 5.82 Å². The van der Waals surface area contributed by atoms with Gasteiger partial charge in [-0.25, -0.2) is 22.5 Å². The van der Waals surface area contributed by atoms with E-state index in [9.17, 15) is 17.9 Å². The third-order valence-electron chi connectivity index (χ3n) is 6.78. The lowest BCUT2D eigenvalue weighted by atomic mass is 10.0. The van der Waals surface area contributed by atoms with Crippen molar-refractivity contribution < 1.29 is 17.9 Å². The zero-order chi connectivity index (χ0) is 29.4. The number of pyridine rings is 2. The van der Waals surface area contributed by atoms with Gasteiger partial charge in [0.25, 0.3) is 0 Å². The number of rotatable bonds is 9. The molecule has 0 aliphatic carbocycles. The number of benzene rings is 2. The molecule has 4 aromatic heterocycles. The van der Waals surface area contributed by atoms with Crippen LogP contribution in [0.4, 0.5) is 10.1 Å². The molecule has 13 heteroatoms. The van der Waals surface area contributed by atoms with Crippen LogP contribution in [0.1, 0.15) is 18.9 Å². The summed E-state index contributed by atoms with van der Waals surface area (Å²) in [6.07, 6.45) is 7.59. The van der Waals surface area contributed by atoms with E-state index in [0.29, 0.717) is 51.4 Å². The number of nitrogens with zero attached hydrogens (tertiary/aromatic N) is 4. The molecule has 0 radical (unpaired) electrons.